The highest BCUT2D eigenvalue weighted by molar-refractivity contribution is 7.93. The fourth-order valence-electron chi connectivity index (χ4n) is 3.69. The maximum absolute atomic E-state index is 13.2. The van der Waals surface area contributed by atoms with Crippen LogP contribution in [0.25, 0.3) is 22.4 Å². The van der Waals surface area contributed by atoms with Crippen molar-refractivity contribution in [2.45, 2.75) is 18.2 Å². The minimum absolute atomic E-state index is 0.0704. The second-order valence-electron chi connectivity index (χ2n) is 7.74. The second-order valence-corrected chi connectivity index (χ2v) is 10.3. The van der Waals surface area contributed by atoms with Crippen LogP contribution in [0, 0.1) is 0 Å². The maximum atomic E-state index is 13.2. The zero-order valence-electron chi connectivity index (χ0n) is 16.9. The van der Waals surface area contributed by atoms with Gasteiger partial charge in [0.1, 0.15) is 11.5 Å². The average molecular weight is 429 g/mol. The van der Waals surface area contributed by atoms with Gasteiger partial charge in [0.25, 0.3) is 0 Å². The van der Waals surface area contributed by atoms with E-state index in [2.05, 4.69) is 31.1 Å². The van der Waals surface area contributed by atoms with E-state index in [0.29, 0.717) is 38.1 Å². The number of nitrogens with zero attached hydrogens (tertiary/aromatic N) is 5. The number of pyridine rings is 1. The first-order valence-electron chi connectivity index (χ1n) is 9.96. The van der Waals surface area contributed by atoms with Gasteiger partial charge in [0.2, 0.25) is 0 Å². The Morgan fingerprint density at radius 1 is 1.23 bits per heavy atom. The predicted molar refractivity (Wildman–Crippen MR) is 116 cm³/mol. The summed E-state index contributed by atoms with van der Waals surface area (Å²) in [5.41, 5.74) is 1.63. The molecule has 0 aromatic carbocycles. The normalized spacial score (nSPS) is 21.9. The van der Waals surface area contributed by atoms with E-state index in [1.165, 1.54) is 0 Å². The van der Waals surface area contributed by atoms with Crippen molar-refractivity contribution in [1.82, 2.24) is 19.9 Å². The largest absolute Gasteiger partial charge is 0.379 e. The van der Waals surface area contributed by atoms with Crippen LogP contribution in [0.2, 0.25) is 0 Å². The van der Waals surface area contributed by atoms with E-state index in [1.54, 1.807) is 12.5 Å². The molecule has 5 rings (SSSR count). The zero-order chi connectivity index (χ0) is 20.7. The lowest BCUT2D eigenvalue weighted by Crippen LogP contribution is -2.44. The quantitative estimate of drug-likeness (QED) is 0.680. The molecule has 2 aliphatic rings. The Bertz CT molecular complexity index is 1200. The maximum Gasteiger partial charge on any atom is 0.167 e. The Balaban J connectivity index is 1.66. The number of aromatic nitrogens is 4. The van der Waals surface area contributed by atoms with Crippen LogP contribution in [0.1, 0.15) is 6.92 Å². The standard InChI is InChI=1S/C20H24N6O3S/c1-13-10-28-8-7-26(13)18-9-17(25-30(2,27)14-11-29-12-14)23-20(24-18)16-4-6-22-19-15(16)3-5-21-19/h3-6,9,13-14H,7-8,10-12H2,1-2H3,(H,21,22)/t13-,30?/m1/s1. The molecule has 2 saturated heterocycles. The highest BCUT2D eigenvalue weighted by Crippen LogP contribution is 2.30. The molecule has 9 nitrogen and oxygen atoms in total. The van der Waals surface area contributed by atoms with Gasteiger partial charge in [0.15, 0.2) is 11.6 Å². The highest BCUT2D eigenvalue weighted by atomic mass is 32.2. The van der Waals surface area contributed by atoms with Crippen LogP contribution in [-0.4, -0.2) is 74.7 Å². The summed E-state index contributed by atoms with van der Waals surface area (Å²) in [5, 5.41) is 0.860. The fraction of sp³-hybridized carbons (Fsp3) is 0.450. The van der Waals surface area contributed by atoms with E-state index in [0.717, 1.165) is 29.0 Å². The van der Waals surface area contributed by atoms with E-state index in [-0.39, 0.29) is 11.3 Å². The SMILES string of the molecule is C[C@@H]1COCCN1c1cc(N=S(C)(=O)C2COC2)nc(-c2ccnc3[nH]ccc23)n1. The molecule has 2 fully saturated rings. The monoisotopic (exact) mass is 428 g/mol. The van der Waals surface area contributed by atoms with E-state index in [1.807, 2.05) is 24.4 Å². The topological polar surface area (TPSA) is 106 Å². The van der Waals surface area contributed by atoms with Gasteiger partial charge in [0.05, 0.1) is 47.4 Å². The smallest absolute Gasteiger partial charge is 0.167 e. The number of hydrogen-bond donors (Lipinski definition) is 1. The van der Waals surface area contributed by atoms with Gasteiger partial charge in [-0.3, -0.25) is 0 Å². The Morgan fingerprint density at radius 3 is 2.87 bits per heavy atom. The summed E-state index contributed by atoms with van der Waals surface area (Å²) in [6.45, 7) is 5.04. The average Bonchev–Trinajstić information content (AvgIpc) is 3.14. The first-order valence-corrected chi connectivity index (χ1v) is 11.9. The van der Waals surface area contributed by atoms with Crippen molar-refractivity contribution in [3.8, 4) is 11.4 Å². The molecule has 3 aromatic heterocycles. The van der Waals surface area contributed by atoms with Crippen molar-refractivity contribution in [2.75, 3.05) is 44.1 Å². The highest BCUT2D eigenvalue weighted by Gasteiger charge is 2.28. The molecule has 3 aromatic rings. The molecule has 2 aliphatic heterocycles. The van der Waals surface area contributed by atoms with Crippen molar-refractivity contribution in [3.05, 3.63) is 30.6 Å². The van der Waals surface area contributed by atoms with Crippen LogP contribution in [0.3, 0.4) is 0 Å². The summed E-state index contributed by atoms with van der Waals surface area (Å²) in [6.07, 6.45) is 5.25. The van der Waals surface area contributed by atoms with E-state index >= 15 is 0 Å². The Kier molecular flexibility index (Phi) is 4.92. The number of ether oxygens (including phenoxy) is 2. The molecule has 5 heterocycles. The summed E-state index contributed by atoms with van der Waals surface area (Å²) in [6, 6.07) is 5.84. The van der Waals surface area contributed by atoms with E-state index in [9.17, 15) is 4.21 Å². The number of aromatic amines is 1. The molecule has 158 valence electrons. The minimum atomic E-state index is -2.47. The molecule has 0 saturated carbocycles. The lowest BCUT2D eigenvalue weighted by atomic mass is 10.1. The molecular weight excluding hydrogens is 404 g/mol. The van der Waals surface area contributed by atoms with Gasteiger partial charge in [-0.25, -0.2) is 19.2 Å². The Hall–Kier alpha value is -2.56. The summed E-state index contributed by atoms with van der Waals surface area (Å²) in [7, 11) is -2.47. The first-order chi connectivity index (χ1) is 14.5. The summed E-state index contributed by atoms with van der Waals surface area (Å²) in [4.78, 5) is 19.2. The van der Waals surface area contributed by atoms with Crippen LogP contribution in [0.15, 0.2) is 35.0 Å². The first kappa shape index (κ1) is 19.4. The number of rotatable bonds is 4. The van der Waals surface area contributed by atoms with Crippen molar-refractivity contribution < 1.29 is 13.7 Å². The van der Waals surface area contributed by atoms with Crippen molar-refractivity contribution >= 4 is 32.4 Å². The second kappa shape index (κ2) is 7.60. The molecule has 0 bridgehead atoms. The van der Waals surface area contributed by atoms with Gasteiger partial charge in [-0.1, -0.05) is 0 Å². The molecular formula is C20H24N6O3S. The summed E-state index contributed by atoms with van der Waals surface area (Å²) >= 11 is 0. The van der Waals surface area contributed by atoms with Gasteiger partial charge >= 0.3 is 0 Å². The zero-order valence-corrected chi connectivity index (χ0v) is 17.8. The Morgan fingerprint density at radius 2 is 2.10 bits per heavy atom. The van der Waals surface area contributed by atoms with Gasteiger partial charge in [-0.15, -0.1) is 0 Å². The molecule has 0 radical (unpaired) electrons. The third kappa shape index (κ3) is 3.55. The summed E-state index contributed by atoms with van der Waals surface area (Å²) in [5.74, 6) is 1.72. The Labute approximate surface area is 175 Å². The minimum Gasteiger partial charge on any atom is -0.379 e. The third-order valence-electron chi connectivity index (χ3n) is 5.56. The number of anilines is 1. The number of H-pyrrole nitrogens is 1. The number of nitrogens with one attached hydrogen (secondary N) is 1. The lowest BCUT2D eigenvalue weighted by molar-refractivity contribution is 0.0431. The number of fused-ring (bicyclic) bond motifs is 1. The van der Waals surface area contributed by atoms with Crippen LogP contribution in [-0.2, 0) is 19.2 Å². The lowest BCUT2D eigenvalue weighted by Gasteiger charge is -2.34. The molecule has 0 amide bonds. The fourth-order valence-corrected chi connectivity index (χ4v) is 5.00. The van der Waals surface area contributed by atoms with Crippen molar-refractivity contribution in [1.29, 1.82) is 0 Å². The molecule has 1 N–H and O–H groups in total. The van der Waals surface area contributed by atoms with E-state index in [4.69, 9.17) is 14.5 Å². The van der Waals surface area contributed by atoms with Gasteiger partial charge < -0.3 is 19.4 Å². The third-order valence-corrected chi connectivity index (χ3v) is 7.62. The van der Waals surface area contributed by atoms with Crippen LogP contribution >= 0.6 is 0 Å². The molecule has 0 spiro atoms. The molecule has 2 atom stereocenters. The molecule has 1 unspecified atom stereocenters. The van der Waals surface area contributed by atoms with Crippen molar-refractivity contribution in [3.63, 3.8) is 0 Å². The molecule has 0 aliphatic carbocycles. The predicted octanol–water partition coefficient (Wildman–Crippen LogP) is 2.37. The van der Waals surface area contributed by atoms with Gasteiger partial charge in [0, 0.05) is 42.2 Å². The number of morpholine rings is 1. The van der Waals surface area contributed by atoms with Crippen LogP contribution < -0.4 is 4.90 Å². The van der Waals surface area contributed by atoms with Gasteiger partial charge in [-0.2, -0.15) is 4.36 Å². The van der Waals surface area contributed by atoms with E-state index < -0.39 is 9.73 Å². The molecule has 10 heteroatoms. The van der Waals surface area contributed by atoms with Crippen molar-refractivity contribution in [2.24, 2.45) is 4.36 Å². The number of hydrogen-bond acceptors (Lipinski definition) is 8. The molecule has 30 heavy (non-hydrogen) atoms. The summed E-state index contributed by atoms with van der Waals surface area (Å²) < 4.78 is 28.5. The van der Waals surface area contributed by atoms with Crippen LogP contribution in [0.5, 0.6) is 0 Å². The van der Waals surface area contributed by atoms with Crippen LogP contribution in [0.4, 0.5) is 11.6 Å². The van der Waals surface area contributed by atoms with Gasteiger partial charge in [-0.05, 0) is 19.1 Å².